The molecule has 96 valence electrons. The third-order valence-electron chi connectivity index (χ3n) is 2.56. The van der Waals surface area contributed by atoms with Gasteiger partial charge >= 0.3 is 5.97 Å². The lowest BCUT2D eigenvalue weighted by Crippen LogP contribution is -2.12. The number of aryl methyl sites for hydroxylation is 1. The fourth-order valence-electron chi connectivity index (χ4n) is 1.67. The molecule has 2 heterocycles. The van der Waals surface area contributed by atoms with Crippen LogP contribution in [0.2, 0.25) is 0 Å². The van der Waals surface area contributed by atoms with Crippen LogP contribution in [0.25, 0.3) is 0 Å². The van der Waals surface area contributed by atoms with Crippen molar-refractivity contribution < 1.29 is 9.53 Å². The molecule has 0 bridgehead atoms. The molecule has 0 aromatic carbocycles. The first-order valence-corrected chi connectivity index (χ1v) is 6.53. The number of hydrogen-bond donors (Lipinski definition) is 2. The minimum Gasteiger partial charge on any atom is -0.464 e. The molecule has 0 radical (unpaired) electrons. The van der Waals surface area contributed by atoms with E-state index in [0.29, 0.717) is 12.2 Å². The van der Waals surface area contributed by atoms with Crippen molar-refractivity contribution in [2.45, 2.75) is 20.0 Å². The molecule has 2 rings (SSSR count). The Bertz CT molecular complexity index is 531. The van der Waals surface area contributed by atoms with Crippen LogP contribution in [0.3, 0.4) is 0 Å². The molecule has 0 amide bonds. The number of esters is 1. The third kappa shape index (κ3) is 3.21. The van der Waals surface area contributed by atoms with Crippen molar-refractivity contribution in [3.63, 3.8) is 0 Å². The van der Waals surface area contributed by atoms with E-state index in [0.717, 1.165) is 12.2 Å². The Kier molecular flexibility index (Phi) is 4.17. The molecule has 2 N–H and O–H groups in total. The molecular formula is C13H16N2O2S. The van der Waals surface area contributed by atoms with Crippen LogP contribution in [0.15, 0.2) is 24.3 Å². The summed E-state index contributed by atoms with van der Waals surface area (Å²) in [7, 11) is 1.38. The Balaban J connectivity index is 1.83. The quantitative estimate of drug-likeness (QED) is 0.816. The van der Waals surface area contributed by atoms with Gasteiger partial charge in [0, 0.05) is 28.5 Å². The van der Waals surface area contributed by atoms with Crippen molar-refractivity contribution in [2.24, 2.45) is 0 Å². The molecule has 4 nitrogen and oxygen atoms in total. The van der Waals surface area contributed by atoms with E-state index in [1.807, 2.05) is 6.07 Å². The molecule has 18 heavy (non-hydrogen) atoms. The van der Waals surface area contributed by atoms with Gasteiger partial charge in [-0.05, 0) is 31.2 Å². The molecule has 2 aromatic rings. The molecule has 0 aliphatic rings. The zero-order valence-electron chi connectivity index (χ0n) is 10.4. The average Bonchev–Trinajstić information content (AvgIpc) is 2.98. The van der Waals surface area contributed by atoms with E-state index in [1.54, 1.807) is 17.4 Å². The number of rotatable bonds is 5. The number of H-pyrrole nitrogens is 1. The van der Waals surface area contributed by atoms with Crippen LogP contribution < -0.4 is 5.32 Å². The van der Waals surface area contributed by atoms with Crippen LogP contribution in [0, 0.1) is 6.92 Å². The number of hydrogen-bond acceptors (Lipinski definition) is 4. The Hall–Kier alpha value is -1.59. The second-order valence-electron chi connectivity index (χ2n) is 4.00. The largest absolute Gasteiger partial charge is 0.464 e. The van der Waals surface area contributed by atoms with Gasteiger partial charge in [0.15, 0.2) is 0 Å². The van der Waals surface area contributed by atoms with E-state index in [2.05, 4.69) is 34.1 Å². The van der Waals surface area contributed by atoms with Gasteiger partial charge in [-0.3, -0.25) is 0 Å². The van der Waals surface area contributed by atoms with Gasteiger partial charge in [-0.1, -0.05) is 0 Å². The summed E-state index contributed by atoms with van der Waals surface area (Å²) in [6.07, 6.45) is 0. The Labute approximate surface area is 110 Å². The molecular weight excluding hydrogens is 248 g/mol. The van der Waals surface area contributed by atoms with Gasteiger partial charge in [-0.25, -0.2) is 4.79 Å². The number of ether oxygens (including phenoxy) is 1. The fraction of sp³-hybridized carbons (Fsp3) is 0.308. The van der Waals surface area contributed by atoms with Crippen molar-refractivity contribution in [3.8, 4) is 0 Å². The summed E-state index contributed by atoms with van der Waals surface area (Å²) >= 11 is 1.79. The van der Waals surface area contributed by atoms with Crippen molar-refractivity contribution in [1.82, 2.24) is 10.3 Å². The smallest absolute Gasteiger partial charge is 0.354 e. The maximum absolute atomic E-state index is 11.3. The number of carbonyl (C=O) groups is 1. The van der Waals surface area contributed by atoms with Crippen LogP contribution in [-0.2, 0) is 17.8 Å². The second kappa shape index (κ2) is 5.84. The van der Waals surface area contributed by atoms with E-state index in [-0.39, 0.29) is 5.97 Å². The molecule has 0 aliphatic carbocycles. The first kappa shape index (κ1) is 12.9. The van der Waals surface area contributed by atoms with E-state index in [9.17, 15) is 4.79 Å². The van der Waals surface area contributed by atoms with Crippen molar-refractivity contribution in [1.29, 1.82) is 0 Å². The summed E-state index contributed by atoms with van der Waals surface area (Å²) in [4.78, 5) is 16.9. The highest BCUT2D eigenvalue weighted by Crippen LogP contribution is 2.14. The van der Waals surface area contributed by atoms with Crippen molar-refractivity contribution >= 4 is 17.3 Å². The maximum Gasteiger partial charge on any atom is 0.354 e. The lowest BCUT2D eigenvalue weighted by atomic mass is 10.4. The van der Waals surface area contributed by atoms with E-state index < -0.39 is 0 Å². The molecule has 0 spiro atoms. The molecule has 0 saturated carbocycles. The standard InChI is InChI=1S/C13H16N2O2S/c1-9-3-5-11(18-9)8-14-7-10-4-6-12(15-10)13(16)17-2/h3-6,14-15H,7-8H2,1-2H3. The van der Waals surface area contributed by atoms with Gasteiger partial charge in [0.2, 0.25) is 0 Å². The van der Waals surface area contributed by atoms with E-state index in [4.69, 9.17) is 0 Å². The maximum atomic E-state index is 11.3. The van der Waals surface area contributed by atoms with E-state index in [1.165, 1.54) is 16.9 Å². The Morgan fingerprint density at radius 1 is 1.33 bits per heavy atom. The monoisotopic (exact) mass is 264 g/mol. The number of carbonyl (C=O) groups excluding carboxylic acids is 1. The number of aromatic amines is 1. The number of aromatic nitrogens is 1. The average molecular weight is 264 g/mol. The van der Waals surface area contributed by atoms with Crippen LogP contribution >= 0.6 is 11.3 Å². The first-order valence-electron chi connectivity index (χ1n) is 5.71. The highest BCUT2D eigenvalue weighted by molar-refractivity contribution is 7.11. The summed E-state index contributed by atoms with van der Waals surface area (Å²) in [6.45, 7) is 3.64. The number of nitrogens with one attached hydrogen (secondary N) is 2. The fourth-order valence-corrected chi connectivity index (χ4v) is 2.53. The third-order valence-corrected chi connectivity index (χ3v) is 3.56. The summed E-state index contributed by atoms with van der Waals surface area (Å²) < 4.78 is 4.64. The first-order chi connectivity index (χ1) is 8.69. The highest BCUT2D eigenvalue weighted by atomic mass is 32.1. The summed E-state index contributed by atoms with van der Waals surface area (Å²) in [5.41, 5.74) is 1.46. The topological polar surface area (TPSA) is 54.1 Å². The van der Waals surface area contributed by atoms with Gasteiger partial charge in [-0.2, -0.15) is 0 Å². The van der Waals surface area contributed by atoms with Crippen molar-refractivity contribution in [2.75, 3.05) is 7.11 Å². The lowest BCUT2D eigenvalue weighted by Gasteiger charge is -2.01. The lowest BCUT2D eigenvalue weighted by molar-refractivity contribution is 0.0594. The van der Waals surface area contributed by atoms with Gasteiger partial charge in [0.05, 0.1) is 7.11 Å². The van der Waals surface area contributed by atoms with Gasteiger partial charge in [0.25, 0.3) is 0 Å². The van der Waals surface area contributed by atoms with Crippen molar-refractivity contribution in [3.05, 3.63) is 45.4 Å². The van der Waals surface area contributed by atoms with Crippen LogP contribution in [-0.4, -0.2) is 18.1 Å². The second-order valence-corrected chi connectivity index (χ2v) is 5.38. The summed E-state index contributed by atoms with van der Waals surface area (Å²) in [5.74, 6) is -0.338. The van der Waals surface area contributed by atoms with Gasteiger partial charge < -0.3 is 15.0 Å². The van der Waals surface area contributed by atoms with Gasteiger partial charge in [0.1, 0.15) is 5.69 Å². The van der Waals surface area contributed by atoms with Crippen LogP contribution in [0.4, 0.5) is 0 Å². The summed E-state index contributed by atoms with van der Waals surface area (Å²) in [6, 6.07) is 7.87. The van der Waals surface area contributed by atoms with Crippen LogP contribution in [0.1, 0.15) is 25.9 Å². The zero-order chi connectivity index (χ0) is 13.0. The summed E-state index contributed by atoms with van der Waals surface area (Å²) in [5, 5.41) is 3.33. The highest BCUT2D eigenvalue weighted by Gasteiger charge is 2.07. The zero-order valence-corrected chi connectivity index (χ0v) is 11.3. The normalized spacial score (nSPS) is 10.6. The molecule has 0 saturated heterocycles. The van der Waals surface area contributed by atoms with E-state index >= 15 is 0 Å². The SMILES string of the molecule is COC(=O)c1ccc(CNCc2ccc(C)s2)[nH]1. The molecule has 0 fully saturated rings. The molecule has 5 heteroatoms. The van der Waals surface area contributed by atoms with Gasteiger partial charge in [-0.15, -0.1) is 11.3 Å². The molecule has 0 unspecified atom stereocenters. The predicted molar refractivity (Wildman–Crippen MR) is 71.7 cm³/mol. The Morgan fingerprint density at radius 3 is 2.83 bits per heavy atom. The minimum absolute atomic E-state index is 0.338. The van der Waals surface area contributed by atoms with Crippen LogP contribution in [0.5, 0.6) is 0 Å². The number of methoxy groups -OCH3 is 1. The predicted octanol–water partition coefficient (Wildman–Crippen LogP) is 2.46. The molecule has 0 aliphatic heterocycles. The molecule has 2 aromatic heterocycles. The Morgan fingerprint density at radius 2 is 2.17 bits per heavy atom. The number of thiophene rings is 1. The minimum atomic E-state index is -0.338. The molecule has 0 atom stereocenters.